The van der Waals surface area contributed by atoms with Gasteiger partial charge in [-0.3, -0.25) is 4.79 Å². The molecule has 2 atom stereocenters. The minimum atomic E-state index is -0.742. The minimum absolute atomic E-state index is 0.259. The number of ether oxygens (including phenoxy) is 3. The molecule has 1 aliphatic heterocycles. The summed E-state index contributed by atoms with van der Waals surface area (Å²) in [5, 5.41) is 2.83. The van der Waals surface area contributed by atoms with Crippen LogP contribution in [0.3, 0.4) is 0 Å². The molecule has 2 aromatic carbocycles. The van der Waals surface area contributed by atoms with Crippen LogP contribution in [-0.4, -0.2) is 28.1 Å². The molecule has 1 amide bonds. The maximum Gasteiger partial charge on any atom is 0.321 e. The van der Waals surface area contributed by atoms with Crippen LogP contribution in [0.4, 0.5) is 5.69 Å². The lowest BCUT2D eigenvalue weighted by Crippen LogP contribution is -2.46. The third kappa shape index (κ3) is 3.82. The topological polar surface area (TPSA) is 82.6 Å². The van der Waals surface area contributed by atoms with Crippen LogP contribution in [0.2, 0.25) is 0 Å². The van der Waals surface area contributed by atoms with Gasteiger partial charge in [-0.15, -0.1) is 0 Å². The van der Waals surface area contributed by atoms with E-state index in [0.29, 0.717) is 22.9 Å². The molecule has 0 fully saturated rings. The number of nitrogens with zero attached hydrogens (tertiary/aromatic N) is 2. The standard InChI is InChI=1S/C20H17N3O4/c1-13-18(27-17-6-3-2-5-16(17)25-13)19(24)23-14-7-9-15(10-8-14)26-20-21-11-4-12-22-20/h2-13,18H,1H3,(H,23,24)/t13-,18-/m1/s1. The molecule has 4 rings (SSSR count). The first kappa shape index (κ1) is 16.8. The average Bonchev–Trinajstić information content (AvgIpc) is 2.69. The van der Waals surface area contributed by atoms with E-state index in [4.69, 9.17) is 14.2 Å². The van der Waals surface area contributed by atoms with E-state index in [9.17, 15) is 4.79 Å². The lowest BCUT2D eigenvalue weighted by molar-refractivity contribution is -0.128. The Balaban J connectivity index is 1.41. The Morgan fingerprint density at radius 2 is 1.63 bits per heavy atom. The molecule has 0 saturated carbocycles. The number of para-hydroxylation sites is 2. The summed E-state index contributed by atoms with van der Waals surface area (Å²) >= 11 is 0. The van der Waals surface area contributed by atoms with Gasteiger partial charge in [0.25, 0.3) is 5.91 Å². The van der Waals surface area contributed by atoms with Gasteiger partial charge in [0, 0.05) is 18.1 Å². The molecule has 2 heterocycles. The maximum absolute atomic E-state index is 12.6. The molecule has 0 bridgehead atoms. The largest absolute Gasteiger partial charge is 0.482 e. The van der Waals surface area contributed by atoms with Crippen LogP contribution in [0, 0.1) is 0 Å². The van der Waals surface area contributed by atoms with Gasteiger partial charge in [0.2, 0.25) is 6.10 Å². The van der Waals surface area contributed by atoms with Gasteiger partial charge in [-0.05, 0) is 49.4 Å². The fourth-order valence-corrected chi connectivity index (χ4v) is 2.67. The molecule has 27 heavy (non-hydrogen) atoms. The smallest absolute Gasteiger partial charge is 0.321 e. The molecule has 3 aromatic rings. The zero-order valence-corrected chi connectivity index (χ0v) is 14.5. The van der Waals surface area contributed by atoms with Crippen molar-refractivity contribution in [3.8, 4) is 23.3 Å². The van der Waals surface area contributed by atoms with E-state index in [1.807, 2.05) is 18.2 Å². The van der Waals surface area contributed by atoms with Gasteiger partial charge in [0.15, 0.2) is 11.5 Å². The molecule has 7 heteroatoms. The lowest BCUT2D eigenvalue weighted by atomic mass is 10.1. The number of carbonyl (C=O) groups is 1. The first-order valence-corrected chi connectivity index (χ1v) is 8.47. The number of amides is 1. The normalized spacial score (nSPS) is 17.8. The molecule has 0 unspecified atom stereocenters. The number of carbonyl (C=O) groups excluding carboxylic acids is 1. The number of nitrogens with one attached hydrogen (secondary N) is 1. The van der Waals surface area contributed by atoms with E-state index >= 15 is 0 Å². The third-order valence-corrected chi connectivity index (χ3v) is 3.97. The van der Waals surface area contributed by atoms with E-state index < -0.39 is 12.2 Å². The Kier molecular flexibility index (Phi) is 4.57. The molecule has 0 radical (unpaired) electrons. The summed E-state index contributed by atoms with van der Waals surface area (Å²) in [6, 6.07) is 16.2. The number of aromatic nitrogens is 2. The molecule has 7 nitrogen and oxygen atoms in total. The van der Waals surface area contributed by atoms with Gasteiger partial charge < -0.3 is 19.5 Å². The maximum atomic E-state index is 12.6. The molecule has 1 N–H and O–H groups in total. The Hall–Kier alpha value is -3.61. The van der Waals surface area contributed by atoms with Crippen molar-refractivity contribution in [3.05, 3.63) is 67.0 Å². The van der Waals surface area contributed by atoms with Crippen molar-refractivity contribution in [2.75, 3.05) is 5.32 Å². The number of anilines is 1. The Labute approximate surface area is 155 Å². The molecule has 1 aliphatic rings. The van der Waals surface area contributed by atoms with Gasteiger partial charge >= 0.3 is 6.01 Å². The van der Waals surface area contributed by atoms with Crippen LogP contribution in [0.1, 0.15) is 6.92 Å². The van der Waals surface area contributed by atoms with E-state index in [0.717, 1.165) is 0 Å². The number of fused-ring (bicyclic) bond motifs is 1. The zero-order valence-electron chi connectivity index (χ0n) is 14.5. The van der Waals surface area contributed by atoms with Crippen molar-refractivity contribution < 1.29 is 19.0 Å². The van der Waals surface area contributed by atoms with Crippen LogP contribution < -0.4 is 19.5 Å². The molecular formula is C20H17N3O4. The molecule has 0 spiro atoms. The average molecular weight is 363 g/mol. The third-order valence-electron chi connectivity index (χ3n) is 3.97. The van der Waals surface area contributed by atoms with E-state index in [1.54, 1.807) is 55.7 Å². The van der Waals surface area contributed by atoms with Crippen molar-refractivity contribution >= 4 is 11.6 Å². The first-order valence-electron chi connectivity index (χ1n) is 8.47. The summed E-state index contributed by atoms with van der Waals surface area (Å²) in [5.74, 6) is 1.48. The summed E-state index contributed by atoms with van der Waals surface area (Å²) < 4.78 is 17.1. The molecule has 136 valence electrons. The van der Waals surface area contributed by atoms with Crippen LogP contribution in [-0.2, 0) is 4.79 Å². The summed E-state index contributed by atoms with van der Waals surface area (Å²) in [6.07, 6.45) is 2.05. The fourth-order valence-electron chi connectivity index (χ4n) is 2.67. The minimum Gasteiger partial charge on any atom is -0.482 e. The van der Waals surface area contributed by atoms with Crippen molar-refractivity contribution in [1.82, 2.24) is 9.97 Å². The van der Waals surface area contributed by atoms with Crippen molar-refractivity contribution in [3.63, 3.8) is 0 Å². The summed E-state index contributed by atoms with van der Waals surface area (Å²) in [7, 11) is 0. The Morgan fingerprint density at radius 3 is 2.33 bits per heavy atom. The highest BCUT2D eigenvalue weighted by molar-refractivity contribution is 5.95. The zero-order chi connectivity index (χ0) is 18.6. The summed E-state index contributed by atoms with van der Waals surface area (Å²) in [6.45, 7) is 1.80. The Morgan fingerprint density at radius 1 is 0.963 bits per heavy atom. The fraction of sp³-hybridized carbons (Fsp3) is 0.150. The highest BCUT2D eigenvalue weighted by Gasteiger charge is 2.34. The number of hydrogen-bond donors (Lipinski definition) is 1. The molecular weight excluding hydrogens is 346 g/mol. The highest BCUT2D eigenvalue weighted by Crippen LogP contribution is 2.33. The van der Waals surface area contributed by atoms with Gasteiger partial charge in [-0.1, -0.05) is 12.1 Å². The van der Waals surface area contributed by atoms with Crippen LogP contribution in [0.15, 0.2) is 67.0 Å². The molecule has 0 aliphatic carbocycles. The second kappa shape index (κ2) is 7.33. The summed E-state index contributed by atoms with van der Waals surface area (Å²) in [4.78, 5) is 20.6. The second-order valence-corrected chi connectivity index (χ2v) is 5.96. The van der Waals surface area contributed by atoms with Crippen LogP contribution in [0.25, 0.3) is 0 Å². The highest BCUT2D eigenvalue weighted by atomic mass is 16.6. The van der Waals surface area contributed by atoms with E-state index in [2.05, 4.69) is 15.3 Å². The van der Waals surface area contributed by atoms with Crippen molar-refractivity contribution in [1.29, 1.82) is 0 Å². The second-order valence-electron chi connectivity index (χ2n) is 5.96. The molecule has 1 aromatic heterocycles. The number of hydrogen-bond acceptors (Lipinski definition) is 6. The predicted octanol–water partition coefficient (Wildman–Crippen LogP) is 3.44. The van der Waals surface area contributed by atoms with Gasteiger partial charge in [0.1, 0.15) is 11.9 Å². The van der Waals surface area contributed by atoms with Crippen LogP contribution in [0.5, 0.6) is 23.3 Å². The van der Waals surface area contributed by atoms with Gasteiger partial charge in [0.05, 0.1) is 0 Å². The Bertz CT molecular complexity index is 931. The number of rotatable bonds is 4. The lowest BCUT2D eigenvalue weighted by Gasteiger charge is -2.31. The number of benzene rings is 2. The quantitative estimate of drug-likeness (QED) is 0.765. The van der Waals surface area contributed by atoms with E-state index in [1.165, 1.54) is 0 Å². The monoisotopic (exact) mass is 363 g/mol. The first-order chi connectivity index (χ1) is 13.2. The van der Waals surface area contributed by atoms with E-state index in [-0.39, 0.29) is 11.9 Å². The van der Waals surface area contributed by atoms with Gasteiger partial charge in [-0.2, -0.15) is 0 Å². The van der Waals surface area contributed by atoms with Crippen LogP contribution >= 0.6 is 0 Å². The van der Waals surface area contributed by atoms with Crippen molar-refractivity contribution in [2.45, 2.75) is 19.1 Å². The predicted molar refractivity (Wildman–Crippen MR) is 98.1 cm³/mol. The molecule has 0 saturated heterocycles. The SMILES string of the molecule is C[C@H]1Oc2ccccc2O[C@H]1C(=O)Nc1ccc(Oc2ncccn2)cc1. The van der Waals surface area contributed by atoms with Crippen molar-refractivity contribution in [2.24, 2.45) is 0 Å². The van der Waals surface area contributed by atoms with Gasteiger partial charge in [-0.25, -0.2) is 9.97 Å². The summed E-state index contributed by atoms with van der Waals surface area (Å²) in [5.41, 5.74) is 0.621.